The van der Waals surface area contributed by atoms with E-state index in [4.69, 9.17) is 5.73 Å². The highest BCUT2D eigenvalue weighted by Crippen LogP contribution is 2.26. The Kier molecular flexibility index (Phi) is 3.21. The van der Waals surface area contributed by atoms with E-state index < -0.39 is 0 Å². The molecule has 0 unspecified atom stereocenters. The van der Waals surface area contributed by atoms with Crippen molar-refractivity contribution in [3.63, 3.8) is 0 Å². The third kappa shape index (κ3) is 2.28. The van der Waals surface area contributed by atoms with E-state index >= 15 is 0 Å². The molecule has 2 aromatic carbocycles. The highest BCUT2D eigenvalue weighted by molar-refractivity contribution is 6.07. The first-order valence-electron chi connectivity index (χ1n) is 6.55. The quantitative estimate of drug-likeness (QED) is 0.635. The summed E-state index contributed by atoms with van der Waals surface area (Å²) in [5, 5.41) is 0. The van der Waals surface area contributed by atoms with Crippen molar-refractivity contribution in [2.45, 2.75) is 6.42 Å². The van der Waals surface area contributed by atoms with Gasteiger partial charge in [-0.2, -0.15) is 4.99 Å². The summed E-state index contributed by atoms with van der Waals surface area (Å²) in [5.41, 5.74) is 8.80. The molecule has 2 aromatic rings. The van der Waals surface area contributed by atoms with Gasteiger partial charge >= 0.3 is 0 Å². The lowest BCUT2D eigenvalue weighted by Gasteiger charge is -2.17. The maximum Gasteiger partial charge on any atom is 0.280 e. The van der Waals surface area contributed by atoms with Crippen LogP contribution in [0.3, 0.4) is 0 Å². The minimum Gasteiger partial charge on any atom is -0.369 e. The van der Waals surface area contributed by atoms with Gasteiger partial charge in [-0.25, -0.2) is 0 Å². The van der Waals surface area contributed by atoms with Crippen molar-refractivity contribution in [2.75, 3.05) is 11.4 Å². The number of nitrogens with two attached hydrogens (primary N) is 1. The number of amides is 1. The molecule has 0 atom stereocenters. The third-order valence-corrected chi connectivity index (χ3v) is 3.40. The maximum atomic E-state index is 12.0. The standard InChI is InChI=1S/C16H15N3O/c17-16(18-15(20)13-7-2-1-3-8-13)19-11-10-12-6-4-5-9-14(12)19/h1-9H,10-11H2,(H2,17,18,20). The number of fused-ring (bicyclic) bond motifs is 1. The number of nitrogens with zero attached hydrogens (tertiary/aromatic N) is 2. The van der Waals surface area contributed by atoms with Crippen LogP contribution in [0, 0.1) is 0 Å². The summed E-state index contributed by atoms with van der Waals surface area (Å²) in [6.45, 7) is 0.761. The second-order valence-electron chi connectivity index (χ2n) is 4.67. The van der Waals surface area contributed by atoms with Crippen LogP contribution in [0.4, 0.5) is 5.69 Å². The molecule has 0 saturated heterocycles. The zero-order valence-electron chi connectivity index (χ0n) is 11.0. The number of carbonyl (C=O) groups is 1. The number of anilines is 1. The van der Waals surface area contributed by atoms with E-state index in [1.165, 1.54) is 5.56 Å². The number of guanidine groups is 1. The van der Waals surface area contributed by atoms with E-state index in [0.29, 0.717) is 5.56 Å². The monoisotopic (exact) mass is 265 g/mol. The van der Waals surface area contributed by atoms with Gasteiger partial charge in [-0.3, -0.25) is 4.79 Å². The Labute approximate surface area is 117 Å². The molecular formula is C16H15N3O. The van der Waals surface area contributed by atoms with Crippen LogP contribution in [0.15, 0.2) is 59.6 Å². The Morgan fingerprint density at radius 3 is 2.55 bits per heavy atom. The molecule has 1 aliphatic rings. The first kappa shape index (κ1) is 12.4. The predicted octanol–water partition coefficient (Wildman–Crippen LogP) is 2.20. The molecule has 0 bridgehead atoms. The fourth-order valence-electron chi connectivity index (χ4n) is 2.39. The lowest BCUT2D eigenvalue weighted by molar-refractivity contribution is 0.100. The molecule has 1 amide bonds. The van der Waals surface area contributed by atoms with Crippen LogP contribution in [0.5, 0.6) is 0 Å². The topological polar surface area (TPSA) is 58.7 Å². The van der Waals surface area contributed by atoms with Gasteiger partial charge in [-0.1, -0.05) is 36.4 Å². The maximum absolute atomic E-state index is 12.0. The molecule has 0 fully saturated rings. The van der Waals surface area contributed by atoms with Gasteiger partial charge in [0.15, 0.2) is 0 Å². The third-order valence-electron chi connectivity index (χ3n) is 3.40. The van der Waals surface area contributed by atoms with Gasteiger partial charge in [0.25, 0.3) is 5.91 Å². The molecular weight excluding hydrogens is 250 g/mol. The number of hydrogen-bond acceptors (Lipinski definition) is 1. The van der Waals surface area contributed by atoms with Gasteiger partial charge in [-0.15, -0.1) is 0 Å². The number of hydrogen-bond donors (Lipinski definition) is 1. The summed E-state index contributed by atoms with van der Waals surface area (Å²) in [7, 11) is 0. The van der Waals surface area contributed by atoms with Gasteiger partial charge in [0.1, 0.15) is 0 Å². The first-order valence-corrected chi connectivity index (χ1v) is 6.55. The SMILES string of the molecule is NC(=NC(=O)c1ccccc1)N1CCc2ccccc21. The molecule has 3 rings (SSSR count). The van der Waals surface area contributed by atoms with Crippen molar-refractivity contribution in [2.24, 2.45) is 10.7 Å². The number of benzene rings is 2. The Balaban J connectivity index is 1.85. The lowest BCUT2D eigenvalue weighted by atomic mass is 10.2. The zero-order valence-corrected chi connectivity index (χ0v) is 11.0. The van der Waals surface area contributed by atoms with E-state index in [2.05, 4.69) is 11.1 Å². The predicted molar refractivity (Wildman–Crippen MR) is 79.9 cm³/mol. The van der Waals surface area contributed by atoms with Crippen LogP contribution in [0.1, 0.15) is 15.9 Å². The summed E-state index contributed by atoms with van der Waals surface area (Å²) < 4.78 is 0. The van der Waals surface area contributed by atoms with Gasteiger partial charge in [-0.05, 0) is 30.2 Å². The van der Waals surface area contributed by atoms with Crippen molar-refractivity contribution in [3.05, 3.63) is 65.7 Å². The molecule has 0 radical (unpaired) electrons. The Bertz CT molecular complexity index is 664. The summed E-state index contributed by atoms with van der Waals surface area (Å²) in [5.74, 6) is -0.0590. The minimum atomic E-state index is -0.313. The van der Waals surface area contributed by atoms with Gasteiger partial charge in [0.05, 0.1) is 0 Å². The number of rotatable bonds is 1. The molecule has 0 aliphatic carbocycles. The average molecular weight is 265 g/mol. The van der Waals surface area contributed by atoms with Gasteiger partial charge in [0, 0.05) is 17.8 Å². The number of carbonyl (C=O) groups excluding carboxylic acids is 1. The molecule has 1 heterocycles. The van der Waals surface area contributed by atoms with Crippen LogP contribution in [0.2, 0.25) is 0 Å². The van der Waals surface area contributed by atoms with E-state index in [1.54, 1.807) is 12.1 Å². The molecule has 4 heteroatoms. The second kappa shape index (κ2) is 5.17. The van der Waals surface area contributed by atoms with E-state index in [9.17, 15) is 4.79 Å². The smallest absolute Gasteiger partial charge is 0.280 e. The molecule has 0 aromatic heterocycles. The molecule has 100 valence electrons. The molecule has 0 spiro atoms. The van der Waals surface area contributed by atoms with Crippen LogP contribution in [0.25, 0.3) is 0 Å². The number of para-hydroxylation sites is 1. The highest BCUT2D eigenvalue weighted by Gasteiger charge is 2.21. The largest absolute Gasteiger partial charge is 0.369 e. The minimum absolute atomic E-state index is 0.254. The first-order chi connectivity index (χ1) is 9.75. The normalized spacial score (nSPS) is 14.2. The van der Waals surface area contributed by atoms with Gasteiger partial charge < -0.3 is 10.6 Å². The molecule has 2 N–H and O–H groups in total. The van der Waals surface area contributed by atoms with Crippen molar-refractivity contribution in [1.29, 1.82) is 0 Å². The highest BCUT2D eigenvalue weighted by atomic mass is 16.1. The molecule has 0 saturated carbocycles. The van der Waals surface area contributed by atoms with E-state index in [-0.39, 0.29) is 11.9 Å². The Morgan fingerprint density at radius 1 is 1.05 bits per heavy atom. The number of aliphatic imine (C=N–C) groups is 1. The fourth-order valence-corrected chi connectivity index (χ4v) is 2.39. The van der Waals surface area contributed by atoms with Crippen molar-refractivity contribution < 1.29 is 4.79 Å². The van der Waals surface area contributed by atoms with Crippen molar-refractivity contribution in [1.82, 2.24) is 0 Å². The summed E-state index contributed by atoms with van der Waals surface area (Å²) in [6.07, 6.45) is 0.923. The van der Waals surface area contributed by atoms with E-state index in [0.717, 1.165) is 18.7 Å². The van der Waals surface area contributed by atoms with Gasteiger partial charge in [0.2, 0.25) is 5.96 Å². The summed E-state index contributed by atoms with van der Waals surface area (Å²) >= 11 is 0. The zero-order chi connectivity index (χ0) is 13.9. The average Bonchev–Trinajstić information content (AvgIpc) is 2.92. The Morgan fingerprint density at radius 2 is 1.75 bits per heavy atom. The van der Waals surface area contributed by atoms with Crippen molar-refractivity contribution in [3.8, 4) is 0 Å². The van der Waals surface area contributed by atoms with Crippen LogP contribution < -0.4 is 10.6 Å². The van der Waals surface area contributed by atoms with Crippen LogP contribution >= 0.6 is 0 Å². The fraction of sp³-hybridized carbons (Fsp3) is 0.125. The molecule has 20 heavy (non-hydrogen) atoms. The molecule has 1 aliphatic heterocycles. The molecule has 4 nitrogen and oxygen atoms in total. The lowest BCUT2D eigenvalue weighted by Crippen LogP contribution is -2.36. The van der Waals surface area contributed by atoms with Crippen LogP contribution in [-0.4, -0.2) is 18.4 Å². The second-order valence-corrected chi connectivity index (χ2v) is 4.67. The van der Waals surface area contributed by atoms with E-state index in [1.807, 2.05) is 41.3 Å². The van der Waals surface area contributed by atoms with Crippen LogP contribution in [-0.2, 0) is 6.42 Å². The van der Waals surface area contributed by atoms with Crippen molar-refractivity contribution >= 4 is 17.6 Å². The summed E-state index contributed by atoms with van der Waals surface area (Å²) in [6, 6.07) is 17.0. The summed E-state index contributed by atoms with van der Waals surface area (Å²) in [4.78, 5) is 17.9. The Hall–Kier alpha value is -2.62.